The van der Waals surface area contributed by atoms with Crippen LogP contribution in [0.4, 0.5) is 5.69 Å². The molecule has 36 heavy (non-hydrogen) atoms. The van der Waals surface area contributed by atoms with Gasteiger partial charge in [0.2, 0.25) is 11.8 Å². The second-order valence-corrected chi connectivity index (χ2v) is 10.0. The highest BCUT2D eigenvalue weighted by molar-refractivity contribution is 5.96. The lowest BCUT2D eigenvalue weighted by atomic mass is 9.85. The number of hydrogen-bond donors (Lipinski definition) is 0. The average molecular weight is 491 g/mol. The van der Waals surface area contributed by atoms with E-state index in [4.69, 9.17) is 0 Å². The molecule has 192 valence electrons. The Labute approximate surface area is 214 Å². The van der Waals surface area contributed by atoms with Crippen molar-refractivity contribution in [1.29, 1.82) is 0 Å². The topological polar surface area (TPSA) is 64.2 Å². The number of likely N-dealkylation sites (tertiary alicyclic amines) is 1. The Morgan fingerprint density at radius 1 is 0.944 bits per heavy atom. The van der Waals surface area contributed by atoms with Gasteiger partial charge in [0.1, 0.15) is 12.1 Å². The molecule has 1 spiro atoms. The van der Waals surface area contributed by atoms with Crippen molar-refractivity contribution in [3.05, 3.63) is 66.2 Å². The number of unbranched alkanes of at least 4 members (excludes halogenated alkanes) is 2. The first kappa shape index (κ1) is 25.7. The minimum absolute atomic E-state index is 0.00843. The Kier molecular flexibility index (Phi) is 8.28. The Morgan fingerprint density at radius 3 is 2.22 bits per heavy atom. The maximum absolute atomic E-state index is 13.9. The van der Waals surface area contributed by atoms with E-state index in [-0.39, 0.29) is 24.3 Å². The highest BCUT2D eigenvalue weighted by atomic mass is 16.2. The molecule has 4 rings (SSSR count). The number of rotatable bonds is 9. The third-order valence-corrected chi connectivity index (χ3v) is 7.53. The van der Waals surface area contributed by atoms with Gasteiger partial charge in [-0.25, -0.2) is 0 Å². The van der Waals surface area contributed by atoms with Crippen LogP contribution in [-0.2, 0) is 20.9 Å². The van der Waals surface area contributed by atoms with E-state index in [2.05, 4.69) is 11.8 Å². The van der Waals surface area contributed by atoms with E-state index in [1.807, 2.05) is 65.6 Å². The number of hydrogen-bond acceptors (Lipinski definition) is 4. The molecule has 0 radical (unpaired) electrons. The summed E-state index contributed by atoms with van der Waals surface area (Å²) in [5.41, 5.74) is 1.31. The van der Waals surface area contributed by atoms with Crippen LogP contribution in [0.25, 0.3) is 0 Å². The Bertz CT molecular complexity index is 1030. The number of carbonyl (C=O) groups excluding carboxylic acids is 3. The fourth-order valence-corrected chi connectivity index (χ4v) is 5.36. The van der Waals surface area contributed by atoms with Crippen molar-refractivity contribution in [2.45, 2.75) is 57.5 Å². The molecule has 0 atom stereocenters. The minimum atomic E-state index is -0.722. The van der Waals surface area contributed by atoms with Gasteiger partial charge in [-0.2, -0.15) is 0 Å². The van der Waals surface area contributed by atoms with Gasteiger partial charge in [-0.05, 0) is 37.0 Å². The van der Waals surface area contributed by atoms with E-state index < -0.39 is 5.54 Å². The molecule has 2 fully saturated rings. The summed E-state index contributed by atoms with van der Waals surface area (Å²) in [6.07, 6.45) is 4.79. The van der Waals surface area contributed by atoms with Crippen LogP contribution in [-0.4, -0.2) is 71.3 Å². The van der Waals surface area contributed by atoms with Crippen LogP contribution in [0.15, 0.2) is 60.7 Å². The van der Waals surface area contributed by atoms with Crippen molar-refractivity contribution >= 4 is 23.4 Å². The van der Waals surface area contributed by atoms with Crippen LogP contribution < -0.4 is 4.90 Å². The highest BCUT2D eigenvalue weighted by Crippen LogP contribution is 2.39. The van der Waals surface area contributed by atoms with E-state index in [1.165, 1.54) is 0 Å². The van der Waals surface area contributed by atoms with Crippen molar-refractivity contribution in [2.75, 3.05) is 38.3 Å². The zero-order valence-electron chi connectivity index (χ0n) is 21.6. The molecule has 2 aliphatic heterocycles. The van der Waals surface area contributed by atoms with Gasteiger partial charge < -0.3 is 19.6 Å². The fraction of sp³-hybridized carbons (Fsp3) is 0.483. The number of para-hydroxylation sites is 1. The van der Waals surface area contributed by atoms with Crippen LogP contribution in [0, 0.1) is 0 Å². The maximum Gasteiger partial charge on any atom is 0.250 e. The molecular formula is C29H38N4O3. The number of nitrogens with zero attached hydrogens (tertiary/aromatic N) is 4. The van der Waals surface area contributed by atoms with Crippen LogP contribution in [0.2, 0.25) is 0 Å². The quantitative estimate of drug-likeness (QED) is 0.500. The van der Waals surface area contributed by atoms with Crippen LogP contribution >= 0.6 is 0 Å². The Hall–Kier alpha value is -3.35. The van der Waals surface area contributed by atoms with E-state index in [9.17, 15) is 14.4 Å². The molecule has 0 aliphatic carbocycles. The van der Waals surface area contributed by atoms with Crippen LogP contribution in [0.5, 0.6) is 0 Å². The van der Waals surface area contributed by atoms with Crippen molar-refractivity contribution in [3.8, 4) is 0 Å². The van der Waals surface area contributed by atoms with Crippen LogP contribution in [0.1, 0.15) is 51.0 Å². The third kappa shape index (κ3) is 5.55. The molecule has 7 heteroatoms. The molecule has 0 aromatic heterocycles. The zero-order chi connectivity index (χ0) is 25.5. The lowest BCUT2D eigenvalue weighted by Gasteiger charge is -2.43. The number of likely N-dealkylation sites (N-methyl/N-ethyl adjacent to an activating group) is 1. The summed E-state index contributed by atoms with van der Waals surface area (Å²) in [7, 11) is 1.78. The second kappa shape index (κ2) is 11.6. The molecule has 0 saturated carbocycles. The molecule has 7 nitrogen and oxygen atoms in total. The molecule has 3 amide bonds. The molecular weight excluding hydrogens is 452 g/mol. The summed E-state index contributed by atoms with van der Waals surface area (Å²) in [5.74, 6) is 0.0938. The Balaban J connectivity index is 1.46. The summed E-state index contributed by atoms with van der Waals surface area (Å²) >= 11 is 0. The van der Waals surface area contributed by atoms with E-state index >= 15 is 0 Å². The minimum Gasteiger partial charge on any atom is -0.342 e. The van der Waals surface area contributed by atoms with Crippen molar-refractivity contribution in [1.82, 2.24) is 14.7 Å². The normalized spacial score (nSPS) is 17.1. The van der Waals surface area contributed by atoms with Gasteiger partial charge in [0.05, 0.1) is 6.67 Å². The first-order valence-corrected chi connectivity index (χ1v) is 13.1. The lowest BCUT2D eigenvalue weighted by Crippen LogP contribution is -2.57. The van der Waals surface area contributed by atoms with Gasteiger partial charge in [0, 0.05) is 38.8 Å². The standard InChI is InChI=1S/C29H38N4O3/c1-3-4-7-16-26(34)31-19-17-29(18-20-31)28(36)32(23-33(29)25-14-10-6-11-15-25)22-27(35)30(2)21-24-12-8-5-9-13-24/h5-6,8-15H,3-4,7,16-23H2,1-2H3. The summed E-state index contributed by atoms with van der Waals surface area (Å²) in [6.45, 7) is 4.19. The highest BCUT2D eigenvalue weighted by Gasteiger charge is 2.54. The summed E-state index contributed by atoms with van der Waals surface area (Å²) in [4.78, 5) is 47.1. The molecule has 2 aromatic rings. The monoisotopic (exact) mass is 490 g/mol. The van der Waals surface area contributed by atoms with E-state index in [1.54, 1.807) is 16.8 Å². The number of carbonyl (C=O) groups is 3. The summed E-state index contributed by atoms with van der Waals surface area (Å²) in [6, 6.07) is 19.8. The van der Waals surface area contributed by atoms with Gasteiger partial charge in [0.15, 0.2) is 0 Å². The number of benzene rings is 2. The van der Waals surface area contributed by atoms with E-state index in [0.29, 0.717) is 45.6 Å². The van der Waals surface area contributed by atoms with Crippen LogP contribution in [0.3, 0.4) is 0 Å². The molecule has 0 N–H and O–H groups in total. The summed E-state index contributed by atoms with van der Waals surface area (Å²) in [5, 5.41) is 0. The van der Waals surface area contributed by atoms with E-state index in [0.717, 1.165) is 30.5 Å². The van der Waals surface area contributed by atoms with Crippen molar-refractivity contribution in [3.63, 3.8) is 0 Å². The summed E-state index contributed by atoms with van der Waals surface area (Å²) < 4.78 is 0. The molecule has 2 aromatic carbocycles. The predicted octanol–water partition coefficient (Wildman–Crippen LogP) is 3.89. The average Bonchev–Trinajstić information content (AvgIpc) is 3.16. The number of anilines is 1. The van der Waals surface area contributed by atoms with Crippen molar-refractivity contribution in [2.24, 2.45) is 0 Å². The van der Waals surface area contributed by atoms with Gasteiger partial charge in [-0.1, -0.05) is 68.3 Å². The maximum atomic E-state index is 13.9. The second-order valence-electron chi connectivity index (χ2n) is 10.0. The number of piperidine rings is 1. The fourth-order valence-electron chi connectivity index (χ4n) is 5.36. The molecule has 2 aliphatic rings. The third-order valence-electron chi connectivity index (χ3n) is 7.53. The predicted molar refractivity (Wildman–Crippen MR) is 141 cm³/mol. The molecule has 2 heterocycles. The Morgan fingerprint density at radius 2 is 1.58 bits per heavy atom. The molecule has 2 saturated heterocycles. The largest absolute Gasteiger partial charge is 0.342 e. The van der Waals surface area contributed by atoms with Gasteiger partial charge in [-0.15, -0.1) is 0 Å². The molecule has 0 bridgehead atoms. The van der Waals surface area contributed by atoms with Gasteiger partial charge in [0.25, 0.3) is 5.91 Å². The SMILES string of the molecule is CCCCCC(=O)N1CCC2(CC1)C(=O)N(CC(=O)N(C)Cc1ccccc1)CN2c1ccccc1. The van der Waals surface area contributed by atoms with Gasteiger partial charge >= 0.3 is 0 Å². The smallest absolute Gasteiger partial charge is 0.250 e. The first-order valence-electron chi connectivity index (χ1n) is 13.1. The molecule has 0 unspecified atom stereocenters. The first-order chi connectivity index (χ1) is 17.4. The van der Waals surface area contributed by atoms with Crippen molar-refractivity contribution < 1.29 is 14.4 Å². The lowest BCUT2D eigenvalue weighted by molar-refractivity contribution is -0.142. The van der Waals surface area contributed by atoms with Gasteiger partial charge in [-0.3, -0.25) is 14.4 Å². The zero-order valence-corrected chi connectivity index (χ0v) is 21.6. The number of amides is 3.